The minimum atomic E-state index is -0.0837. The fourth-order valence-electron chi connectivity index (χ4n) is 2.83. The average Bonchev–Trinajstić information content (AvgIpc) is 2.60. The first kappa shape index (κ1) is 17.9. The molecule has 26 heavy (non-hydrogen) atoms. The summed E-state index contributed by atoms with van der Waals surface area (Å²) in [6.07, 6.45) is 0.131. The number of pyridine rings is 1. The highest BCUT2D eigenvalue weighted by molar-refractivity contribution is 6.07. The number of carbonyl (C=O) groups is 1. The molecule has 0 radical (unpaired) electrons. The third-order valence-electron chi connectivity index (χ3n) is 3.90. The Kier molecular flexibility index (Phi) is 5.21. The number of fused-ring (bicyclic) bond motifs is 1. The van der Waals surface area contributed by atoms with Crippen molar-refractivity contribution in [2.75, 3.05) is 0 Å². The van der Waals surface area contributed by atoms with Crippen LogP contribution in [0.1, 0.15) is 38.1 Å². The Bertz CT molecular complexity index is 915. The molecular formula is C22H24N2O2. The fourth-order valence-corrected chi connectivity index (χ4v) is 2.83. The van der Waals surface area contributed by atoms with E-state index in [0.29, 0.717) is 5.56 Å². The van der Waals surface area contributed by atoms with Gasteiger partial charge in [0.1, 0.15) is 5.75 Å². The van der Waals surface area contributed by atoms with E-state index in [4.69, 9.17) is 9.72 Å². The van der Waals surface area contributed by atoms with E-state index < -0.39 is 0 Å². The molecule has 1 aromatic heterocycles. The molecule has 0 fully saturated rings. The number of nitrogens with one attached hydrogen (secondary N) is 1. The number of amides is 1. The molecule has 4 heteroatoms. The summed E-state index contributed by atoms with van der Waals surface area (Å²) in [4.78, 5) is 17.4. The van der Waals surface area contributed by atoms with Crippen LogP contribution in [-0.2, 0) is 0 Å². The average molecular weight is 348 g/mol. The van der Waals surface area contributed by atoms with Crippen molar-refractivity contribution in [3.05, 3.63) is 60.2 Å². The molecule has 0 aliphatic carbocycles. The van der Waals surface area contributed by atoms with Crippen LogP contribution in [0.5, 0.6) is 5.75 Å². The second kappa shape index (κ2) is 7.56. The summed E-state index contributed by atoms with van der Waals surface area (Å²) < 4.78 is 5.70. The van der Waals surface area contributed by atoms with Crippen LogP contribution in [0, 0.1) is 0 Å². The van der Waals surface area contributed by atoms with E-state index in [2.05, 4.69) is 5.32 Å². The quantitative estimate of drug-likeness (QED) is 0.719. The molecular weight excluding hydrogens is 324 g/mol. The van der Waals surface area contributed by atoms with Crippen molar-refractivity contribution in [3.63, 3.8) is 0 Å². The number of hydrogen-bond acceptors (Lipinski definition) is 3. The summed E-state index contributed by atoms with van der Waals surface area (Å²) >= 11 is 0. The van der Waals surface area contributed by atoms with Gasteiger partial charge in [-0.3, -0.25) is 4.79 Å². The van der Waals surface area contributed by atoms with E-state index in [1.807, 2.05) is 82.3 Å². The van der Waals surface area contributed by atoms with Crippen LogP contribution >= 0.6 is 0 Å². The lowest BCUT2D eigenvalue weighted by Crippen LogP contribution is -2.30. The Balaban J connectivity index is 2.05. The normalized spacial score (nSPS) is 11.2. The molecule has 3 aromatic rings. The van der Waals surface area contributed by atoms with Crippen molar-refractivity contribution in [1.82, 2.24) is 10.3 Å². The largest absolute Gasteiger partial charge is 0.491 e. The van der Waals surface area contributed by atoms with E-state index in [0.717, 1.165) is 27.9 Å². The van der Waals surface area contributed by atoms with Crippen molar-refractivity contribution in [2.24, 2.45) is 0 Å². The highest BCUT2D eigenvalue weighted by atomic mass is 16.5. The molecule has 0 unspecified atom stereocenters. The summed E-state index contributed by atoms with van der Waals surface area (Å²) in [6, 6.07) is 17.5. The molecule has 0 saturated heterocycles. The van der Waals surface area contributed by atoms with Crippen LogP contribution in [0.15, 0.2) is 54.6 Å². The number of rotatable bonds is 5. The number of aromatic nitrogens is 1. The number of nitrogens with zero attached hydrogens (tertiary/aromatic N) is 1. The fraction of sp³-hybridized carbons (Fsp3) is 0.273. The highest BCUT2D eigenvalue weighted by Gasteiger charge is 2.14. The van der Waals surface area contributed by atoms with Gasteiger partial charge in [-0.1, -0.05) is 18.2 Å². The van der Waals surface area contributed by atoms with E-state index in [1.165, 1.54) is 0 Å². The standard InChI is InChI=1S/C22H24N2O2/c1-14(2)23-22(25)19-13-21(24-20-8-6-5-7-18(19)20)16-9-11-17(12-10-16)26-15(3)4/h5-15H,1-4H3,(H,23,25). The van der Waals surface area contributed by atoms with Crippen molar-refractivity contribution < 1.29 is 9.53 Å². The Hall–Kier alpha value is -2.88. The molecule has 4 nitrogen and oxygen atoms in total. The first-order valence-corrected chi connectivity index (χ1v) is 8.92. The predicted molar refractivity (Wildman–Crippen MR) is 106 cm³/mol. The summed E-state index contributed by atoms with van der Waals surface area (Å²) in [5.74, 6) is 0.738. The van der Waals surface area contributed by atoms with Crippen LogP contribution in [0.4, 0.5) is 0 Å². The lowest BCUT2D eigenvalue weighted by atomic mass is 10.0. The monoisotopic (exact) mass is 348 g/mol. The molecule has 0 aliphatic heterocycles. The van der Waals surface area contributed by atoms with Gasteiger partial charge in [0.15, 0.2) is 0 Å². The minimum absolute atomic E-state index is 0.0744. The maximum atomic E-state index is 12.7. The van der Waals surface area contributed by atoms with E-state index in [1.54, 1.807) is 0 Å². The summed E-state index contributed by atoms with van der Waals surface area (Å²) in [7, 11) is 0. The zero-order valence-corrected chi connectivity index (χ0v) is 15.6. The Morgan fingerprint density at radius 3 is 2.35 bits per heavy atom. The molecule has 0 bridgehead atoms. The molecule has 0 saturated carbocycles. The second-order valence-corrected chi connectivity index (χ2v) is 6.89. The lowest BCUT2D eigenvalue weighted by Gasteiger charge is -2.13. The van der Waals surface area contributed by atoms with Crippen molar-refractivity contribution in [1.29, 1.82) is 0 Å². The van der Waals surface area contributed by atoms with Crippen LogP contribution < -0.4 is 10.1 Å². The van der Waals surface area contributed by atoms with Gasteiger partial charge in [-0.2, -0.15) is 0 Å². The Labute approximate surface area is 154 Å². The highest BCUT2D eigenvalue weighted by Crippen LogP contribution is 2.26. The molecule has 134 valence electrons. The van der Waals surface area contributed by atoms with Gasteiger partial charge in [0, 0.05) is 17.0 Å². The number of para-hydroxylation sites is 1. The van der Waals surface area contributed by atoms with Gasteiger partial charge in [0.05, 0.1) is 22.9 Å². The van der Waals surface area contributed by atoms with Crippen molar-refractivity contribution in [3.8, 4) is 17.0 Å². The van der Waals surface area contributed by atoms with Gasteiger partial charge in [0.2, 0.25) is 0 Å². The van der Waals surface area contributed by atoms with Crippen LogP contribution in [0.25, 0.3) is 22.2 Å². The first-order chi connectivity index (χ1) is 12.4. The maximum Gasteiger partial charge on any atom is 0.252 e. The first-order valence-electron chi connectivity index (χ1n) is 8.92. The van der Waals surface area contributed by atoms with Crippen molar-refractivity contribution >= 4 is 16.8 Å². The lowest BCUT2D eigenvalue weighted by molar-refractivity contribution is 0.0944. The van der Waals surface area contributed by atoms with Crippen LogP contribution in [0.2, 0.25) is 0 Å². The van der Waals surface area contributed by atoms with Gasteiger partial charge in [-0.25, -0.2) is 4.98 Å². The van der Waals surface area contributed by atoms with Gasteiger partial charge < -0.3 is 10.1 Å². The molecule has 0 aliphatic rings. The molecule has 1 N–H and O–H groups in total. The summed E-state index contributed by atoms with van der Waals surface area (Å²) in [6.45, 7) is 7.90. The van der Waals surface area contributed by atoms with Crippen LogP contribution in [-0.4, -0.2) is 23.0 Å². The smallest absolute Gasteiger partial charge is 0.252 e. The molecule has 3 rings (SSSR count). The van der Waals surface area contributed by atoms with Gasteiger partial charge in [-0.05, 0) is 64.1 Å². The van der Waals surface area contributed by atoms with Gasteiger partial charge in [-0.15, -0.1) is 0 Å². The van der Waals surface area contributed by atoms with E-state index in [-0.39, 0.29) is 18.1 Å². The topological polar surface area (TPSA) is 51.2 Å². The van der Waals surface area contributed by atoms with Gasteiger partial charge >= 0.3 is 0 Å². The zero-order chi connectivity index (χ0) is 18.7. The number of benzene rings is 2. The van der Waals surface area contributed by atoms with Gasteiger partial charge in [0.25, 0.3) is 5.91 Å². The van der Waals surface area contributed by atoms with E-state index >= 15 is 0 Å². The Morgan fingerprint density at radius 1 is 1.00 bits per heavy atom. The predicted octanol–water partition coefficient (Wildman–Crippen LogP) is 4.83. The molecule has 0 spiro atoms. The Morgan fingerprint density at radius 2 is 1.69 bits per heavy atom. The van der Waals surface area contributed by atoms with E-state index in [9.17, 15) is 4.79 Å². The third kappa shape index (κ3) is 4.02. The molecule has 0 atom stereocenters. The summed E-state index contributed by atoms with van der Waals surface area (Å²) in [5.41, 5.74) is 3.17. The number of carbonyl (C=O) groups excluding carboxylic acids is 1. The molecule has 1 amide bonds. The molecule has 1 heterocycles. The number of hydrogen-bond donors (Lipinski definition) is 1. The zero-order valence-electron chi connectivity index (χ0n) is 15.6. The van der Waals surface area contributed by atoms with Crippen molar-refractivity contribution in [2.45, 2.75) is 39.8 Å². The second-order valence-electron chi connectivity index (χ2n) is 6.89. The minimum Gasteiger partial charge on any atom is -0.491 e. The SMILES string of the molecule is CC(C)NC(=O)c1cc(-c2ccc(OC(C)C)cc2)nc2ccccc12. The van der Waals surface area contributed by atoms with Crippen LogP contribution in [0.3, 0.4) is 0 Å². The summed E-state index contributed by atoms with van der Waals surface area (Å²) in [5, 5.41) is 3.83. The molecule has 2 aromatic carbocycles. The number of ether oxygens (including phenoxy) is 1. The maximum absolute atomic E-state index is 12.7. The third-order valence-corrected chi connectivity index (χ3v) is 3.90.